The quantitative estimate of drug-likeness (QED) is 0.432. The molecule has 11 heteroatoms. The molecule has 0 spiro atoms. The SMILES string of the molecule is CC.CN[C@@H](C)CNc1cc(F)c(-c2cnc(N3CCOCC3)nc2)cc1NC(=O)c1cnn(C)c1.[HH]. The number of anilines is 3. The molecule has 3 aromatic rings. The first-order valence-corrected chi connectivity index (χ1v) is 12.1. The Morgan fingerprint density at radius 3 is 2.47 bits per heavy atom. The number of hydrogen-bond donors (Lipinski definition) is 3. The maximum Gasteiger partial charge on any atom is 0.258 e. The summed E-state index contributed by atoms with van der Waals surface area (Å²) in [5, 5.41) is 13.3. The summed E-state index contributed by atoms with van der Waals surface area (Å²) in [6, 6.07) is 3.13. The number of morpholine rings is 1. The number of likely N-dealkylation sites (N-methyl/N-ethyl adjacent to an activating group) is 1. The van der Waals surface area contributed by atoms with Gasteiger partial charge in [0.05, 0.1) is 36.3 Å². The van der Waals surface area contributed by atoms with Gasteiger partial charge in [-0.05, 0) is 26.1 Å². The van der Waals surface area contributed by atoms with E-state index in [2.05, 4.69) is 31.0 Å². The number of nitrogens with zero attached hydrogens (tertiary/aromatic N) is 5. The minimum atomic E-state index is -0.443. The summed E-state index contributed by atoms with van der Waals surface area (Å²) in [5.74, 6) is -0.201. The molecule has 10 nitrogen and oxygen atoms in total. The molecule has 0 saturated carbocycles. The fourth-order valence-electron chi connectivity index (χ4n) is 3.53. The van der Waals surface area contributed by atoms with Crippen LogP contribution in [0, 0.1) is 5.82 Å². The van der Waals surface area contributed by atoms with Crippen LogP contribution in [-0.4, -0.2) is 71.6 Å². The second-order valence-corrected chi connectivity index (χ2v) is 8.18. The molecule has 1 amide bonds. The lowest BCUT2D eigenvalue weighted by molar-refractivity contribution is 0.102. The Labute approximate surface area is 212 Å². The van der Waals surface area contributed by atoms with Crippen molar-refractivity contribution in [1.82, 2.24) is 25.1 Å². The van der Waals surface area contributed by atoms with Gasteiger partial charge in [0.25, 0.3) is 5.91 Å². The zero-order chi connectivity index (χ0) is 26.1. The van der Waals surface area contributed by atoms with Crippen molar-refractivity contribution >= 4 is 23.2 Å². The average molecular weight is 501 g/mol. The molecule has 0 unspecified atom stereocenters. The number of hydrogen-bond acceptors (Lipinski definition) is 8. The maximum atomic E-state index is 15.2. The van der Waals surface area contributed by atoms with Crippen LogP contribution in [0.3, 0.4) is 0 Å². The van der Waals surface area contributed by atoms with Gasteiger partial charge >= 0.3 is 0 Å². The number of carbonyl (C=O) groups is 1. The summed E-state index contributed by atoms with van der Waals surface area (Å²) in [6.07, 6.45) is 6.29. The van der Waals surface area contributed by atoms with Gasteiger partial charge in [-0.3, -0.25) is 9.48 Å². The number of carbonyl (C=O) groups excluding carboxylic acids is 1. The molecule has 196 valence electrons. The number of nitrogens with one attached hydrogen (secondary N) is 3. The highest BCUT2D eigenvalue weighted by Crippen LogP contribution is 2.32. The highest BCUT2D eigenvalue weighted by Gasteiger charge is 2.18. The van der Waals surface area contributed by atoms with Crippen molar-refractivity contribution in [3.05, 3.63) is 48.3 Å². The lowest BCUT2D eigenvalue weighted by Crippen LogP contribution is -2.37. The molecule has 1 saturated heterocycles. The van der Waals surface area contributed by atoms with Gasteiger partial charge in [-0.15, -0.1) is 0 Å². The van der Waals surface area contributed by atoms with Gasteiger partial charge in [-0.1, -0.05) is 13.8 Å². The minimum Gasteiger partial charge on any atom is -0.382 e. The number of amides is 1. The Bertz CT molecular complexity index is 1140. The van der Waals surface area contributed by atoms with E-state index in [4.69, 9.17) is 4.74 Å². The topological polar surface area (TPSA) is 109 Å². The Balaban J connectivity index is 0.00000157. The Hall–Kier alpha value is -3.57. The smallest absolute Gasteiger partial charge is 0.258 e. The van der Waals surface area contributed by atoms with Gasteiger partial charge in [0.2, 0.25) is 5.95 Å². The van der Waals surface area contributed by atoms with E-state index in [1.807, 2.05) is 32.7 Å². The van der Waals surface area contributed by atoms with Gasteiger partial charge in [0, 0.05) is 63.9 Å². The van der Waals surface area contributed by atoms with Crippen LogP contribution in [0.25, 0.3) is 11.1 Å². The van der Waals surface area contributed by atoms with Gasteiger partial charge in [0.15, 0.2) is 0 Å². The van der Waals surface area contributed by atoms with Gasteiger partial charge in [-0.2, -0.15) is 5.10 Å². The average Bonchev–Trinajstić information content (AvgIpc) is 3.36. The van der Waals surface area contributed by atoms with Crippen molar-refractivity contribution in [3.8, 4) is 11.1 Å². The molecule has 1 aliphatic heterocycles. The molecule has 3 heterocycles. The van der Waals surface area contributed by atoms with Crippen molar-refractivity contribution in [2.45, 2.75) is 26.8 Å². The van der Waals surface area contributed by atoms with E-state index >= 15 is 4.39 Å². The largest absolute Gasteiger partial charge is 0.382 e. The first-order valence-electron chi connectivity index (χ1n) is 12.1. The number of ether oxygens (including phenoxy) is 1. The summed E-state index contributed by atoms with van der Waals surface area (Å²) in [5.41, 5.74) is 2.14. The monoisotopic (exact) mass is 500 g/mol. The Kier molecular flexibility index (Phi) is 9.71. The molecule has 4 rings (SSSR count). The Morgan fingerprint density at radius 1 is 1.17 bits per heavy atom. The fraction of sp³-hybridized carbons (Fsp3) is 0.440. The minimum absolute atomic E-state index is 0. The second kappa shape index (κ2) is 12.9. The molecule has 1 aliphatic rings. The predicted molar refractivity (Wildman–Crippen MR) is 142 cm³/mol. The summed E-state index contributed by atoms with van der Waals surface area (Å²) >= 11 is 0. The number of rotatable bonds is 8. The lowest BCUT2D eigenvalue weighted by Gasteiger charge is -2.26. The third-order valence-corrected chi connectivity index (χ3v) is 5.66. The highest BCUT2D eigenvalue weighted by atomic mass is 19.1. The van der Waals surface area contributed by atoms with Crippen LogP contribution in [-0.2, 0) is 11.8 Å². The van der Waals surface area contributed by atoms with Crippen LogP contribution >= 0.6 is 0 Å². The molecule has 1 aromatic carbocycles. The highest BCUT2D eigenvalue weighted by molar-refractivity contribution is 6.06. The van der Waals surface area contributed by atoms with Crippen LogP contribution in [0.15, 0.2) is 36.9 Å². The second-order valence-electron chi connectivity index (χ2n) is 8.18. The molecule has 0 aliphatic carbocycles. The summed E-state index contributed by atoms with van der Waals surface area (Å²) < 4.78 is 22.1. The number of benzene rings is 1. The standard InChI is InChI=1S/C23H29FN8O2.C2H6.H2/c1-15(25-2)10-26-20-9-19(24)18(8-21(20)30-22(33)17-13-29-31(3)14-17)16-11-27-23(28-12-16)32-4-6-34-7-5-32;1-2;/h8-9,11-15,25-26H,4-7,10H2,1-3H3,(H,30,33);1-2H3;1H/t15-;;/m0../s1. The summed E-state index contributed by atoms with van der Waals surface area (Å²) in [7, 11) is 3.58. The van der Waals surface area contributed by atoms with Crippen LogP contribution in [0.2, 0.25) is 0 Å². The van der Waals surface area contributed by atoms with Gasteiger partial charge in [-0.25, -0.2) is 14.4 Å². The Morgan fingerprint density at radius 2 is 1.86 bits per heavy atom. The van der Waals surface area contributed by atoms with Crippen molar-refractivity contribution in [1.29, 1.82) is 0 Å². The maximum absolute atomic E-state index is 15.2. The van der Waals surface area contributed by atoms with E-state index in [1.165, 1.54) is 12.3 Å². The molecule has 1 fully saturated rings. The first-order chi connectivity index (χ1) is 17.4. The zero-order valence-electron chi connectivity index (χ0n) is 21.5. The van der Waals surface area contributed by atoms with E-state index in [0.29, 0.717) is 66.9 Å². The molecule has 1 atom stereocenters. The van der Waals surface area contributed by atoms with E-state index in [0.717, 1.165) is 0 Å². The zero-order valence-corrected chi connectivity index (χ0v) is 21.5. The van der Waals surface area contributed by atoms with E-state index in [1.54, 1.807) is 36.4 Å². The van der Waals surface area contributed by atoms with Gasteiger partial charge < -0.3 is 25.6 Å². The van der Waals surface area contributed by atoms with Gasteiger partial charge in [0.1, 0.15) is 5.82 Å². The number of aryl methyl sites for hydroxylation is 1. The molecule has 0 bridgehead atoms. The van der Waals surface area contributed by atoms with Crippen molar-refractivity contribution in [2.24, 2.45) is 7.05 Å². The van der Waals surface area contributed by atoms with Crippen LogP contribution in [0.4, 0.5) is 21.7 Å². The lowest BCUT2D eigenvalue weighted by atomic mass is 10.1. The van der Waals surface area contributed by atoms with E-state index < -0.39 is 5.82 Å². The third kappa shape index (κ3) is 6.76. The molecule has 2 aromatic heterocycles. The fourth-order valence-corrected chi connectivity index (χ4v) is 3.53. The number of aromatic nitrogens is 4. The summed E-state index contributed by atoms with van der Waals surface area (Å²) in [6.45, 7) is 9.22. The van der Waals surface area contributed by atoms with Crippen molar-refractivity contribution in [3.63, 3.8) is 0 Å². The normalized spacial score (nSPS) is 14.0. The predicted octanol–water partition coefficient (Wildman–Crippen LogP) is 3.40. The van der Waals surface area contributed by atoms with Crippen molar-refractivity contribution < 1.29 is 15.3 Å². The molecule has 0 radical (unpaired) electrons. The number of halogens is 1. The molecular weight excluding hydrogens is 463 g/mol. The van der Waals surface area contributed by atoms with Crippen LogP contribution in [0.1, 0.15) is 32.6 Å². The molecular formula is C25H37FN8O2. The van der Waals surface area contributed by atoms with Crippen LogP contribution < -0.4 is 20.9 Å². The first kappa shape index (κ1) is 27.0. The van der Waals surface area contributed by atoms with E-state index in [9.17, 15) is 4.79 Å². The molecule has 3 N–H and O–H groups in total. The third-order valence-electron chi connectivity index (χ3n) is 5.66. The summed E-state index contributed by atoms with van der Waals surface area (Å²) in [4.78, 5) is 23.7. The van der Waals surface area contributed by atoms with Crippen molar-refractivity contribution in [2.75, 3.05) is 55.4 Å². The van der Waals surface area contributed by atoms with Crippen LogP contribution in [0.5, 0.6) is 0 Å². The molecule has 36 heavy (non-hydrogen) atoms. The van der Waals surface area contributed by atoms with E-state index in [-0.39, 0.29) is 13.4 Å².